The number of rotatable bonds is 8. The topological polar surface area (TPSA) is 140 Å². The van der Waals surface area contributed by atoms with Crippen LogP contribution in [0, 0.1) is 17.1 Å². The second-order valence-electron chi connectivity index (χ2n) is 8.20. The van der Waals surface area contributed by atoms with Crippen molar-refractivity contribution in [3.8, 4) is 0 Å². The molecule has 0 atom stereocenters. The highest BCUT2D eigenvalue weighted by atomic mass is 19.3. The highest BCUT2D eigenvalue weighted by Gasteiger charge is 2.26. The molecule has 1 aromatic carbocycles. The van der Waals surface area contributed by atoms with Crippen LogP contribution >= 0.6 is 0 Å². The van der Waals surface area contributed by atoms with Crippen LogP contribution in [0.2, 0.25) is 0 Å². The monoisotopic (exact) mass is 483 g/mol. The van der Waals surface area contributed by atoms with Gasteiger partial charge in [0.2, 0.25) is 0 Å². The molecule has 1 aliphatic carbocycles. The Morgan fingerprint density at radius 2 is 2.09 bits per heavy atom. The number of nitrogens with zero attached hydrogens (tertiary/aromatic N) is 6. The van der Waals surface area contributed by atoms with Crippen LogP contribution in [0.5, 0.6) is 0 Å². The summed E-state index contributed by atoms with van der Waals surface area (Å²) in [7, 11) is 0. The summed E-state index contributed by atoms with van der Waals surface area (Å²) in [5.74, 6) is 0.0353. The summed E-state index contributed by atoms with van der Waals surface area (Å²) in [6.07, 6.45) is 4.96. The van der Waals surface area contributed by atoms with Crippen molar-refractivity contribution in [2.24, 2.45) is 5.92 Å². The van der Waals surface area contributed by atoms with Crippen LogP contribution in [-0.4, -0.2) is 42.1 Å². The van der Waals surface area contributed by atoms with Crippen LogP contribution < -0.4 is 16.6 Å². The molecule has 3 heterocycles. The Kier molecular flexibility index (Phi) is 5.67. The summed E-state index contributed by atoms with van der Waals surface area (Å²) in [5.41, 5.74) is 6.18. The summed E-state index contributed by atoms with van der Waals surface area (Å²) in [6.45, 7) is -2.49. The largest absolute Gasteiger partial charge is 0.383 e. The molecule has 3 aromatic heterocycles. The molecular formula is C22H20F3N9O. The zero-order valence-corrected chi connectivity index (χ0v) is 18.3. The van der Waals surface area contributed by atoms with E-state index < -0.39 is 17.9 Å². The molecule has 0 aliphatic heterocycles. The number of nitrogens with two attached hydrogens (primary N) is 1. The molecule has 4 aromatic rings. The van der Waals surface area contributed by atoms with Crippen LogP contribution in [0.1, 0.15) is 24.4 Å². The fourth-order valence-electron chi connectivity index (χ4n) is 3.94. The predicted molar refractivity (Wildman–Crippen MR) is 123 cm³/mol. The van der Waals surface area contributed by atoms with Gasteiger partial charge in [-0.2, -0.15) is 13.9 Å². The van der Waals surface area contributed by atoms with E-state index in [9.17, 15) is 18.0 Å². The summed E-state index contributed by atoms with van der Waals surface area (Å²) in [5, 5.41) is 14.2. The van der Waals surface area contributed by atoms with Crippen molar-refractivity contribution in [2.75, 3.05) is 5.73 Å². The summed E-state index contributed by atoms with van der Waals surface area (Å²) in [6, 6.07) is 4.26. The van der Waals surface area contributed by atoms with Gasteiger partial charge in [-0.1, -0.05) is 6.07 Å². The molecule has 10 nitrogen and oxygen atoms in total. The first-order chi connectivity index (χ1) is 16.9. The van der Waals surface area contributed by atoms with Crippen molar-refractivity contribution in [2.45, 2.75) is 32.5 Å². The second-order valence-corrected chi connectivity index (χ2v) is 8.20. The summed E-state index contributed by atoms with van der Waals surface area (Å²) < 4.78 is 42.7. The number of alkyl halides is 2. The number of halogens is 3. The maximum Gasteiger partial charge on any atom is 0.312 e. The van der Waals surface area contributed by atoms with Crippen molar-refractivity contribution in [3.05, 3.63) is 58.4 Å². The maximum absolute atomic E-state index is 14.5. The van der Waals surface area contributed by atoms with Gasteiger partial charge < -0.3 is 16.5 Å². The van der Waals surface area contributed by atoms with E-state index in [-0.39, 0.29) is 45.6 Å². The van der Waals surface area contributed by atoms with Crippen molar-refractivity contribution >= 4 is 39.5 Å². The van der Waals surface area contributed by atoms with Crippen molar-refractivity contribution in [1.29, 1.82) is 5.41 Å². The highest BCUT2D eigenvalue weighted by Crippen LogP contribution is 2.31. The normalized spacial score (nSPS) is 14.2. The van der Waals surface area contributed by atoms with E-state index in [4.69, 9.17) is 11.1 Å². The fourth-order valence-corrected chi connectivity index (χ4v) is 3.94. The number of hydrogen-bond donors (Lipinski definition) is 3. The van der Waals surface area contributed by atoms with E-state index in [1.165, 1.54) is 27.7 Å². The molecule has 180 valence electrons. The van der Waals surface area contributed by atoms with Crippen LogP contribution in [0.3, 0.4) is 0 Å². The fraction of sp³-hybridized carbons (Fsp3) is 0.273. The third-order valence-corrected chi connectivity index (χ3v) is 5.79. The van der Waals surface area contributed by atoms with Gasteiger partial charge in [0, 0.05) is 24.5 Å². The molecule has 35 heavy (non-hydrogen) atoms. The van der Waals surface area contributed by atoms with Gasteiger partial charge in [0.15, 0.2) is 5.65 Å². The zero-order chi connectivity index (χ0) is 24.7. The van der Waals surface area contributed by atoms with Crippen LogP contribution in [0.25, 0.3) is 27.5 Å². The molecule has 0 unspecified atom stereocenters. The first-order valence-electron chi connectivity index (χ1n) is 10.8. The zero-order valence-electron chi connectivity index (χ0n) is 18.3. The molecule has 1 saturated carbocycles. The number of aromatic nitrogens is 6. The van der Waals surface area contributed by atoms with Crippen LogP contribution in [0.15, 0.2) is 35.5 Å². The third kappa shape index (κ3) is 4.20. The van der Waals surface area contributed by atoms with E-state index in [1.54, 1.807) is 6.07 Å². The van der Waals surface area contributed by atoms with Crippen LogP contribution in [0.4, 0.5) is 19.0 Å². The molecule has 4 N–H and O–H groups in total. The van der Waals surface area contributed by atoms with Crippen LogP contribution in [-0.2, 0) is 13.1 Å². The molecule has 0 radical (unpaired) electrons. The van der Waals surface area contributed by atoms with Gasteiger partial charge in [-0.15, -0.1) is 0 Å². The Bertz CT molecular complexity index is 1540. The van der Waals surface area contributed by atoms with Crippen molar-refractivity contribution in [3.63, 3.8) is 0 Å². The number of hydrogen-bond acceptors (Lipinski definition) is 8. The number of fused-ring (bicyclic) bond motifs is 2. The molecule has 1 aliphatic rings. The van der Waals surface area contributed by atoms with Crippen molar-refractivity contribution < 1.29 is 13.2 Å². The van der Waals surface area contributed by atoms with Gasteiger partial charge in [0.25, 0.3) is 5.56 Å². The standard InChI is InChI=1S/C22H20F3N9O/c23-13-2-1-3-14-16(13)21(35)33(8-11-4-5-11)15(31-14)9-34-20-17(19(27)29-10-30-20)18(32-34)12(6-26)7-28-22(24)25/h1-3,6-7,10-11,22,26,28H,4-5,8-9H2,(H2,27,29,30)/b12-7+,26-6?. The lowest BCUT2D eigenvalue weighted by atomic mass is 10.1. The Balaban J connectivity index is 1.68. The maximum atomic E-state index is 14.5. The van der Waals surface area contributed by atoms with Gasteiger partial charge in [0.05, 0.1) is 10.9 Å². The number of nitrogens with one attached hydrogen (secondary N) is 2. The lowest BCUT2D eigenvalue weighted by molar-refractivity contribution is 0.125. The minimum absolute atomic E-state index is 0.0273. The predicted octanol–water partition coefficient (Wildman–Crippen LogP) is 2.52. The quantitative estimate of drug-likeness (QED) is 0.258. The van der Waals surface area contributed by atoms with Gasteiger partial charge in [-0.3, -0.25) is 9.36 Å². The Morgan fingerprint density at radius 3 is 2.80 bits per heavy atom. The number of benzene rings is 1. The first kappa shape index (κ1) is 22.5. The first-order valence-corrected chi connectivity index (χ1v) is 10.8. The molecule has 0 bridgehead atoms. The van der Waals surface area contributed by atoms with Crippen molar-refractivity contribution in [1.82, 2.24) is 34.6 Å². The van der Waals surface area contributed by atoms with E-state index in [2.05, 4.69) is 20.1 Å². The van der Waals surface area contributed by atoms with E-state index in [0.29, 0.717) is 18.3 Å². The Hall–Kier alpha value is -4.29. The number of nitrogen functional groups attached to an aromatic ring is 1. The minimum atomic E-state index is -2.84. The third-order valence-electron chi connectivity index (χ3n) is 5.79. The summed E-state index contributed by atoms with van der Waals surface area (Å²) >= 11 is 0. The highest BCUT2D eigenvalue weighted by molar-refractivity contribution is 6.13. The van der Waals surface area contributed by atoms with Gasteiger partial charge in [-0.25, -0.2) is 24.0 Å². The molecule has 13 heteroatoms. The molecule has 0 amide bonds. The molecular weight excluding hydrogens is 463 g/mol. The SMILES string of the molecule is N=C/C(=C\NC(F)F)c1nn(Cc2nc3cccc(F)c3c(=O)n2CC2CC2)c2ncnc(N)c12. The molecule has 5 rings (SSSR count). The number of anilines is 1. The Labute approximate surface area is 195 Å². The van der Waals surface area contributed by atoms with Gasteiger partial charge in [0.1, 0.15) is 41.4 Å². The van der Waals surface area contributed by atoms with E-state index in [1.807, 2.05) is 5.32 Å². The lowest BCUT2D eigenvalue weighted by Gasteiger charge is -2.14. The molecule has 0 saturated heterocycles. The summed E-state index contributed by atoms with van der Waals surface area (Å²) in [4.78, 5) is 26.0. The lowest BCUT2D eigenvalue weighted by Crippen LogP contribution is -2.28. The van der Waals surface area contributed by atoms with E-state index >= 15 is 0 Å². The minimum Gasteiger partial charge on any atom is -0.383 e. The molecule has 0 spiro atoms. The molecule has 1 fully saturated rings. The average Bonchev–Trinajstić information content (AvgIpc) is 3.57. The average molecular weight is 483 g/mol. The number of allylic oxidation sites excluding steroid dienone is 1. The van der Waals surface area contributed by atoms with Gasteiger partial charge >= 0.3 is 6.55 Å². The van der Waals surface area contributed by atoms with Gasteiger partial charge in [-0.05, 0) is 30.9 Å². The van der Waals surface area contributed by atoms with E-state index in [0.717, 1.165) is 25.3 Å². The Morgan fingerprint density at radius 1 is 1.29 bits per heavy atom. The smallest absolute Gasteiger partial charge is 0.312 e. The second kappa shape index (κ2) is 8.81.